The maximum Gasteiger partial charge on any atom is 0.375 e. The summed E-state index contributed by atoms with van der Waals surface area (Å²) in [6.45, 7) is 5.91. The summed E-state index contributed by atoms with van der Waals surface area (Å²) in [5.41, 5.74) is 9.36. The lowest BCUT2D eigenvalue weighted by molar-refractivity contribution is 0.0512. The van der Waals surface area contributed by atoms with Crippen molar-refractivity contribution in [3.63, 3.8) is 0 Å². The Morgan fingerprint density at radius 3 is 2.84 bits per heavy atom. The molecule has 0 spiro atoms. The zero-order valence-electron chi connectivity index (χ0n) is 11.2. The van der Waals surface area contributed by atoms with Gasteiger partial charge in [0.15, 0.2) is 5.82 Å². The summed E-state index contributed by atoms with van der Waals surface area (Å²) in [6.07, 6.45) is 0. The molecule has 0 radical (unpaired) electrons. The third-order valence-corrected chi connectivity index (χ3v) is 2.73. The Kier molecular flexibility index (Phi) is 3.50. The van der Waals surface area contributed by atoms with Gasteiger partial charge >= 0.3 is 5.97 Å². The molecule has 1 aromatic carbocycles. The van der Waals surface area contributed by atoms with Crippen LogP contribution in [0, 0.1) is 13.8 Å². The number of hydrogen-bond acceptors (Lipinski definition) is 5. The highest BCUT2D eigenvalue weighted by atomic mass is 16.5. The number of nitrogens with zero attached hydrogens (tertiary/aromatic N) is 2. The Morgan fingerprint density at radius 2 is 2.16 bits per heavy atom. The van der Waals surface area contributed by atoms with Gasteiger partial charge in [0.1, 0.15) is 0 Å². The van der Waals surface area contributed by atoms with Crippen LogP contribution in [0.5, 0.6) is 0 Å². The van der Waals surface area contributed by atoms with Gasteiger partial charge in [0.25, 0.3) is 0 Å². The number of nitrogens with one attached hydrogen (secondary N) is 1. The molecule has 0 aliphatic heterocycles. The molecule has 3 N–H and O–H groups in total. The van der Waals surface area contributed by atoms with Crippen molar-refractivity contribution in [2.45, 2.75) is 20.8 Å². The number of rotatable bonds is 3. The number of aromatic nitrogens is 3. The number of aryl methyl sites for hydroxylation is 2. The third-order valence-electron chi connectivity index (χ3n) is 2.73. The van der Waals surface area contributed by atoms with Crippen molar-refractivity contribution < 1.29 is 9.53 Å². The van der Waals surface area contributed by atoms with Gasteiger partial charge in [-0.05, 0) is 38.0 Å². The minimum atomic E-state index is -0.524. The molecular weight excluding hydrogens is 244 g/mol. The molecular formula is C13H16N4O2. The molecule has 0 unspecified atom stereocenters. The van der Waals surface area contributed by atoms with Gasteiger partial charge in [0.05, 0.1) is 6.61 Å². The van der Waals surface area contributed by atoms with Gasteiger partial charge < -0.3 is 10.5 Å². The van der Waals surface area contributed by atoms with Crippen molar-refractivity contribution >= 4 is 11.7 Å². The molecule has 6 nitrogen and oxygen atoms in total. The van der Waals surface area contributed by atoms with Crippen LogP contribution in [0.4, 0.5) is 5.69 Å². The number of nitrogen functional groups attached to an aromatic ring is 1. The van der Waals surface area contributed by atoms with Crippen molar-refractivity contribution in [3.8, 4) is 11.4 Å². The monoisotopic (exact) mass is 260 g/mol. The predicted octanol–water partition coefficient (Wildman–Crippen LogP) is 1.85. The minimum absolute atomic E-state index is 0.0791. The van der Waals surface area contributed by atoms with Crippen LogP contribution in [0.2, 0.25) is 0 Å². The number of esters is 1. The lowest BCUT2D eigenvalue weighted by Crippen LogP contribution is -2.06. The lowest BCUT2D eigenvalue weighted by atomic mass is 10.0. The first-order valence-corrected chi connectivity index (χ1v) is 5.99. The molecule has 0 atom stereocenters. The summed E-state index contributed by atoms with van der Waals surface area (Å²) >= 11 is 0. The number of carbonyl (C=O) groups excluding carboxylic acids is 1. The SMILES string of the molecule is CCOC(=O)c1nc(-c2cc(C)cc(C)c2N)n[nH]1. The molecule has 100 valence electrons. The van der Waals surface area contributed by atoms with E-state index in [1.807, 2.05) is 26.0 Å². The van der Waals surface area contributed by atoms with E-state index in [2.05, 4.69) is 15.2 Å². The molecule has 2 rings (SSSR count). The molecule has 1 aromatic heterocycles. The number of anilines is 1. The molecule has 0 aliphatic carbocycles. The fourth-order valence-electron chi connectivity index (χ4n) is 1.84. The van der Waals surface area contributed by atoms with Crippen LogP contribution in [0.3, 0.4) is 0 Å². The first-order valence-electron chi connectivity index (χ1n) is 5.99. The average molecular weight is 260 g/mol. The van der Waals surface area contributed by atoms with Crippen molar-refractivity contribution in [2.24, 2.45) is 0 Å². The molecule has 0 saturated carbocycles. The van der Waals surface area contributed by atoms with Gasteiger partial charge in [-0.15, -0.1) is 0 Å². The first-order chi connectivity index (χ1) is 9.02. The third kappa shape index (κ3) is 2.57. The topological polar surface area (TPSA) is 93.9 Å². The van der Waals surface area contributed by atoms with Crippen molar-refractivity contribution in [3.05, 3.63) is 29.1 Å². The van der Waals surface area contributed by atoms with E-state index in [1.165, 1.54) is 0 Å². The Bertz CT molecular complexity index is 619. The molecule has 0 aliphatic rings. The van der Waals surface area contributed by atoms with Crippen molar-refractivity contribution in [2.75, 3.05) is 12.3 Å². The van der Waals surface area contributed by atoms with E-state index in [0.29, 0.717) is 23.7 Å². The Hall–Kier alpha value is -2.37. The van der Waals surface area contributed by atoms with Crippen LogP contribution in [0.25, 0.3) is 11.4 Å². The molecule has 2 aromatic rings. The summed E-state index contributed by atoms with van der Waals surface area (Å²) in [5.74, 6) is -0.0491. The van der Waals surface area contributed by atoms with Crippen LogP contribution >= 0.6 is 0 Å². The number of carbonyl (C=O) groups is 1. The average Bonchev–Trinajstić information content (AvgIpc) is 2.83. The van der Waals surface area contributed by atoms with Crippen molar-refractivity contribution in [1.82, 2.24) is 15.2 Å². The lowest BCUT2D eigenvalue weighted by Gasteiger charge is -2.06. The number of ether oxygens (including phenoxy) is 1. The molecule has 0 fully saturated rings. The molecule has 19 heavy (non-hydrogen) atoms. The van der Waals surface area contributed by atoms with E-state index in [0.717, 1.165) is 11.1 Å². The van der Waals surface area contributed by atoms with Gasteiger partial charge in [-0.25, -0.2) is 9.78 Å². The van der Waals surface area contributed by atoms with E-state index in [-0.39, 0.29) is 5.82 Å². The second kappa shape index (κ2) is 5.09. The van der Waals surface area contributed by atoms with Gasteiger partial charge in [-0.3, -0.25) is 5.10 Å². The van der Waals surface area contributed by atoms with E-state index < -0.39 is 5.97 Å². The minimum Gasteiger partial charge on any atom is -0.460 e. The Balaban J connectivity index is 2.41. The van der Waals surface area contributed by atoms with Crippen LogP contribution in [0.15, 0.2) is 12.1 Å². The number of aromatic amines is 1. The Labute approximate surface area is 111 Å². The molecule has 0 amide bonds. The second-order valence-corrected chi connectivity index (χ2v) is 4.27. The predicted molar refractivity (Wildman–Crippen MR) is 71.7 cm³/mol. The second-order valence-electron chi connectivity index (χ2n) is 4.27. The highest BCUT2D eigenvalue weighted by Gasteiger charge is 2.16. The number of benzene rings is 1. The number of nitrogens with two attached hydrogens (primary N) is 1. The van der Waals surface area contributed by atoms with Crippen molar-refractivity contribution in [1.29, 1.82) is 0 Å². The standard InChI is InChI=1S/C13H16N4O2/c1-4-19-13(18)12-15-11(16-17-12)9-6-7(2)5-8(3)10(9)14/h5-6H,4,14H2,1-3H3,(H,15,16,17). The molecule has 0 bridgehead atoms. The largest absolute Gasteiger partial charge is 0.460 e. The number of H-pyrrole nitrogens is 1. The van der Waals surface area contributed by atoms with Gasteiger partial charge in [-0.1, -0.05) is 6.07 Å². The smallest absolute Gasteiger partial charge is 0.375 e. The molecule has 6 heteroatoms. The first kappa shape index (κ1) is 13.1. The zero-order chi connectivity index (χ0) is 14.0. The molecule has 0 saturated heterocycles. The summed E-state index contributed by atoms with van der Waals surface area (Å²) in [5, 5.41) is 6.58. The maximum absolute atomic E-state index is 11.5. The molecule has 1 heterocycles. The van der Waals surface area contributed by atoms with Crippen LogP contribution in [-0.4, -0.2) is 27.8 Å². The van der Waals surface area contributed by atoms with Gasteiger partial charge in [-0.2, -0.15) is 5.10 Å². The summed E-state index contributed by atoms with van der Waals surface area (Å²) in [7, 11) is 0. The summed E-state index contributed by atoms with van der Waals surface area (Å²) in [6, 6.07) is 3.87. The van der Waals surface area contributed by atoms with E-state index in [1.54, 1.807) is 6.92 Å². The van der Waals surface area contributed by atoms with Gasteiger partial charge in [0.2, 0.25) is 5.82 Å². The van der Waals surface area contributed by atoms with E-state index in [9.17, 15) is 4.79 Å². The Morgan fingerprint density at radius 1 is 1.42 bits per heavy atom. The summed E-state index contributed by atoms with van der Waals surface area (Å²) in [4.78, 5) is 15.6. The zero-order valence-corrected chi connectivity index (χ0v) is 11.2. The van der Waals surface area contributed by atoms with Crippen LogP contribution in [-0.2, 0) is 4.74 Å². The van der Waals surface area contributed by atoms with E-state index in [4.69, 9.17) is 10.5 Å². The maximum atomic E-state index is 11.5. The quantitative estimate of drug-likeness (QED) is 0.648. The highest BCUT2D eigenvalue weighted by Crippen LogP contribution is 2.27. The van der Waals surface area contributed by atoms with Gasteiger partial charge in [0, 0.05) is 11.3 Å². The summed E-state index contributed by atoms with van der Waals surface area (Å²) < 4.78 is 4.85. The van der Waals surface area contributed by atoms with Crippen LogP contribution < -0.4 is 5.73 Å². The normalized spacial score (nSPS) is 10.5. The van der Waals surface area contributed by atoms with E-state index >= 15 is 0 Å². The fraction of sp³-hybridized carbons (Fsp3) is 0.308. The fourth-order valence-corrected chi connectivity index (χ4v) is 1.84. The highest BCUT2D eigenvalue weighted by molar-refractivity contribution is 5.86. The van der Waals surface area contributed by atoms with Crippen LogP contribution in [0.1, 0.15) is 28.7 Å². The number of hydrogen-bond donors (Lipinski definition) is 2.